The molecule has 0 aliphatic rings. The van der Waals surface area contributed by atoms with E-state index in [0.717, 1.165) is 29.7 Å². The Morgan fingerprint density at radius 1 is 1.19 bits per heavy atom. The van der Waals surface area contributed by atoms with Gasteiger partial charge in [-0.05, 0) is 37.6 Å². The van der Waals surface area contributed by atoms with Crippen LogP contribution in [0.1, 0.15) is 36.5 Å². The Labute approximate surface area is 153 Å². The molecule has 0 amide bonds. The first-order chi connectivity index (χ1) is 12.6. The molecule has 1 N–H and O–H groups in total. The average molecular weight is 352 g/mol. The minimum absolute atomic E-state index is 0.0547. The predicted molar refractivity (Wildman–Crippen MR) is 102 cm³/mol. The largest absolute Gasteiger partial charge is 0.490 e. The van der Waals surface area contributed by atoms with Gasteiger partial charge in [-0.1, -0.05) is 31.2 Å². The van der Waals surface area contributed by atoms with Crippen molar-refractivity contribution < 1.29 is 14.6 Å². The van der Waals surface area contributed by atoms with Crippen LogP contribution in [0.3, 0.4) is 0 Å². The molecule has 0 aliphatic heterocycles. The smallest absolute Gasteiger partial charge is 0.163 e. The van der Waals surface area contributed by atoms with E-state index in [9.17, 15) is 9.90 Å². The molecule has 3 aromatic rings. The molecule has 1 aromatic heterocycles. The number of aliphatic hydroxyl groups is 1. The third-order valence-corrected chi connectivity index (χ3v) is 4.30. The number of fused-ring (bicyclic) bond motifs is 1. The van der Waals surface area contributed by atoms with Gasteiger partial charge in [0.2, 0.25) is 0 Å². The molecule has 5 heteroatoms. The number of carbonyl (C=O) groups excluding carboxylic acids is 1. The predicted octanol–water partition coefficient (Wildman–Crippen LogP) is 3.63. The van der Waals surface area contributed by atoms with Crippen LogP contribution in [0.25, 0.3) is 11.0 Å². The Bertz CT molecular complexity index is 901. The van der Waals surface area contributed by atoms with E-state index in [4.69, 9.17) is 4.74 Å². The van der Waals surface area contributed by atoms with Gasteiger partial charge in [0, 0.05) is 6.42 Å². The van der Waals surface area contributed by atoms with Gasteiger partial charge in [0.05, 0.1) is 23.1 Å². The lowest BCUT2D eigenvalue weighted by Crippen LogP contribution is -2.25. The second-order valence-corrected chi connectivity index (χ2v) is 6.39. The molecule has 5 nitrogen and oxygen atoms in total. The first-order valence-corrected chi connectivity index (χ1v) is 8.95. The van der Waals surface area contributed by atoms with Crippen LogP contribution in [0.2, 0.25) is 0 Å². The third kappa shape index (κ3) is 3.94. The number of ether oxygens (including phenoxy) is 1. The fourth-order valence-corrected chi connectivity index (χ4v) is 3.08. The van der Waals surface area contributed by atoms with Gasteiger partial charge >= 0.3 is 0 Å². The summed E-state index contributed by atoms with van der Waals surface area (Å²) in [5.74, 6) is 1.42. The number of aryl methyl sites for hydroxylation is 1. The Kier molecular flexibility index (Phi) is 5.68. The first kappa shape index (κ1) is 18.1. The van der Waals surface area contributed by atoms with Gasteiger partial charge in [-0.25, -0.2) is 4.98 Å². The molecule has 0 saturated heterocycles. The highest BCUT2D eigenvalue weighted by molar-refractivity contribution is 5.96. The number of rotatable bonds is 8. The summed E-state index contributed by atoms with van der Waals surface area (Å²) in [4.78, 5) is 16.4. The summed E-state index contributed by atoms with van der Waals surface area (Å²) in [6.07, 6.45) is 1.14. The topological polar surface area (TPSA) is 64.3 Å². The maximum absolute atomic E-state index is 11.7. The van der Waals surface area contributed by atoms with Crippen LogP contribution >= 0.6 is 0 Å². The molecule has 0 unspecified atom stereocenters. The SMILES string of the molecule is CCCc1nc2ccccc2n1C[C@H](O)COc1ccccc1C(C)=O. The summed E-state index contributed by atoms with van der Waals surface area (Å²) < 4.78 is 7.78. The van der Waals surface area contributed by atoms with Gasteiger partial charge in [0.15, 0.2) is 5.78 Å². The van der Waals surface area contributed by atoms with Crippen molar-refractivity contribution in [3.05, 3.63) is 59.9 Å². The molecule has 0 aliphatic carbocycles. The monoisotopic (exact) mass is 352 g/mol. The Morgan fingerprint density at radius 3 is 2.69 bits per heavy atom. The Hall–Kier alpha value is -2.66. The molecule has 0 fully saturated rings. The highest BCUT2D eigenvalue weighted by Crippen LogP contribution is 2.20. The highest BCUT2D eigenvalue weighted by Gasteiger charge is 2.15. The van der Waals surface area contributed by atoms with Crippen molar-refractivity contribution in [3.8, 4) is 5.75 Å². The number of hydrogen-bond donors (Lipinski definition) is 1. The van der Waals surface area contributed by atoms with E-state index in [0.29, 0.717) is 17.9 Å². The zero-order valence-electron chi connectivity index (χ0n) is 15.2. The van der Waals surface area contributed by atoms with Gasteiger partial charge in [-0.2, -0.15) is 0 Å². The summed E-state index contributed by atoms with van der Waals surface area (Å²) in [6.45, 7) is 4.13. The fourth-order valence-electron chi connectivity index (χ4n) is 3.08. The van der Waals surface area contributed by atoms with Crippen molar-refractivity contribution in [2.24, 2.45) is 0 Å². The zero-order valence-corrected chi connectivity index (χ0v) is 15.2. The van der Waals surface area contributed by atoms with Gasteiger partial charge in [0.1, 0.15) is 24.3 Å². The summed E-state index contributed by atoms with van der Waals surface area (Å²) >= 11 is 0. The van der Waals surface area contributed by atoms with Crippen molar-refractivity contribution >= 4 is 16.8 Å². The Balaban J connectivity index is 1.74. The molecular weight excluding hydrogens is 328 g/mol. The van der Waals surface area contributed by atoms with E-state index in [1.54, 1.807) is 18.2 Å². The van der Waals surface area contributed by atoms with E-state index in [2.05, 4.69) is 16.5 Å². The van der Waals surface area contributed by atoms with E-state index >= 15 is 0 Å². The molecule has 136 valence electrons. The number of hydrogen-bond acceptors (Lipinski definition) is 4. The van der Waals surface area contributed by atoms with E-state index in [1.807, 2.05) is 30.3 Å². The van der Waals surface area contributed by atoms with Crippen LogP contribution in [0.15, 0.2) is 48.5 Å². The minimum Gasteiger partial charge on any atom is -0.490 e. The van der Waals surface area contributed by atoms with Crippen molar-refractivity contribution in [1.29, 1.82) is 0 Å². The van der Waals surface area contributed by atoms with Gasteiger partial charge in [0.25, 0.3) is 0 Å². The second-order valence-electron chi connectivity index (χ2n) is 6.39. The van der Waals surface area contributed by atoms with Crippen molar-refractivity contribution in [2.45, 2.75) is 39.3 Å². The van der Waals surface area contributed by atoms with Crippen molar-refractivity contribution in [3.63, 3.8) is 0 Å². The maximum Gasteiger partial charge on any atom is 0.163 e. The highest BCUT2D eigenvalue weighted by atomic mass is 16.5. The van der Waals surface area contributed by atoms with E-state index < -0.39 is 6.10 Å². The summed E-state index contributed by atoms with van der Waals surface area (Å²) in [5.41, 5.74) is 2.48. The van der Waals surface area contributed by atoms with Crippen molar-refractivity contribution in [1.82, 2.24) is 9.55 Å². The lowest BCUT2D eigenvalue weighted by molar-refractivity contribution is 0.0898. The number of imidazole rings is 1. The molecule has 0 radical (unpaired) electrons. The number of ketones is 1. The van der Waals surface area contributed by atoms with Crippen LogP contribution in [0, 0.1) is 0 Å². The van der Waals surface area contributed by atoms with Gasteiger partial charge in [-0.3, -0.25) is 4.79 Å². The molecule has 0 saturated carbocycles. The number of carbonyl (C=O) groups is 1. The summed E-state index contributed by atoms with van der Waals surface area (Å²) in [7, 11) is 0. The summed E-state index contributed by atoms with van der Waals surface area (Å²) in [6, 6.07) is 15.0. The number of Topliss-reactive ketones (excluding diaryl/α,β-unsaturated/α-hetero) is 1. The zero-order chi connectivity index (χ0) is 18.5. The first-order valence-electron chi connectivity index (χ1n) is 8.95. The standard InChI is InChI=1S/C21H24N2O3/c1-3-8-21-22-18-10-5-6-11-19(18)23(21)13-16(25)14-26-20-12-7-4-9-17(20)15(2)24/h4-7,9-12,16,25H,3,8,13-14H2,1-2H3/t16-/m0/s1. The quantitative estimate of drug-likeness (QED) is 0.629. The lowest BCUT2D eigenvalue weighted by Gasteiger charge is -2.16. The molecule has 3 rings (SSSR count). The number of nitrogens with zero attached hydrogens (tertiary/aromatic N) is 2. The third-order valence-electron chi connectivity index (χ3n) is 4.30. The maximum atomic E-state index is 11.7. The van der Waals surface area contributed by atoms with E-state index in [1.165, 1.54) is 6.92 Å². The molecular formula is C21H24N2O3. The molecule has 1 heterocycles. The van der Waals surface area contributed by atoms with Crippen molar-refractivity contribution in [2.75, 3.05) is 6.61 Å². The van der Waals surface area contributed by atoms with Gasteiger partial charge in [-0.15, -0.1) is 0 Å². The number of benzene rings is 2. The average Bonchev–Trinajstić information content (AvgIpc) is 2.98. The van der Waals surface area contributed by atoms with Crippen LogP contribution in [-0.2, 0) is 13.0 Å². The number of para-hydroxylation sites is 3. The molecule has 1 atom stereocenters. The van der Waals surface area contributed by atoms with Crippen LogP contribution in [-0.4, -0.2) is 33.2 Å². The number of aliphatic hydroxyl groups excluding tert-OH is 1. The molecule has 0 spiro atoms. The minimum atomic E-state index is -0.705. The molecule has 2 aromatic carbocycles. The number of aromatic nitrogens is 2. The van der Waals surface area contributed by atoms with Crippen LogP contribution < -0.4 is 4.74 Å². The van der Waals surface area contributed by atoms with Crippen LogP contribution in [0.4, 0.5) is 0 Å². The Morgan fingerprint density at radius 2 is 1.92 bits per heavy atom. The fraction of sp³-hybridized carbons (Fsp3) is 0.333. The van der Waals surface area contributed by atoms with Gasteiger partial charge < -0.3 is 14.4 Å². The van der Waals surface area contributed by atoms with E-state index in [-0.39, 0.29) is 12.4 Å². The molecule has 26 heavy (non-hydrogen) atoms. The summed E-state index contributed by atoms with van der Waals surface area (Å²) in [5, 5.41) is 10.5. The normalized spacial score (nSPS) is 12.3. The molecule has 0 bridgehead atoms. The second kappa shape index (κ2) is 8.15. The van der Waals surface area contributed by atoms with Crippen LogP contribution in [0.5, 0.6) is 5.75 Å². The lowest BCUT2D eigenvalue weighted by atomic mass is 10.1.